The van der Waals surface area contributed by atoms with E-state index in [2.05, 4.69) is 4.72 Å². The molecule has 0 atom stereocenters. The number of hydrogen-bond acceptors (Lipinski definition) is 4. The zero-order valence-electron chi connectivity index (χ0n) is 10.9. The van der Waals surface area contributed by atoms with Crippen LogP contribution < -0.4 is 10.5 Å². The minimum absolute atomic E-state index is 0.0804. The van der Waals surface area contributed by atoms with Crippen LogP contribution in [0, 0.1) is 11.6 Å². The summed E-state index contributed by atoms with van der Waals surface area (Å²) in [5.41, 5.74) is 5.05. The van der Waals surface area contributed by atoms with Gasteiger partial charge in [-0.25, -0.2) is 21.9 Å². The van der Waals surface area contributed by atoms with Crippen molar-refractivity contribution in [2.45, 2.75) is 30.6 Å². The van der Waals surface area contributed by atoms with Crippen LogP contribution >= 0.6 is 0 Å². The fraction of sp³-hybridized carbons (Fsp3) is 0.500. The second-order valence-corrected chi connectivity index (χ2v) is 6.05. The Bertz CT molecular complexity index is 527. The minimum atomic E-state index is -4.24. The first-order valence-electron chi connectivity index (χ1n) is 6.23. The van der Waals surface area contributed by atoms with E-state index < -0.39 is 26.6 Å². The molecule has 0 aliphatic heterocycles. The summed E-state index contributed by atoms with van der Waals surface area (Å²) in [5, 5.41) is 8.58. The molecule has 0 aliphatic carbocycles. The van der Waals surface area contributed by atoms with Gasteiger partial charge < -0.3 is 10.8 Å². The molecule has 0 aliphatic rings. The van der Waals surface area contributed by atoms with Gasteiger partial charge in [0.05, 0.1) is 0 Å². The maximum absolute atomic E-state index is 13.5. The average Bonchev–Trinajstić information content (AvgIpc) is 2.31. The van der Waals surface area contributed by atoms with Crippen LogP contribution in [0.4, 0.5) is 14.5 Å². The number of anilines is 1. The van der Waals surface area contributed by atoms with Crippen molar-refractivity contribution in [1.82, 2.24) is 4.72 Å². The predicted molar refractivity (Wildman–Crippen MR) is 71.5 cm³/mol. The van der Waals surface area contributed by atoms with Gasteiger partial charge in [0.25, 0.3) is 0 Å². The zero-order chi connectivity index (χ0) is 15.2. The van der Waals surface area contributed by atoms with E-state index in [9.17, 15) is 17.2 Å². The number of nitrogens with two attached hydrogens (primary N) is 1. The molecule has 114 valence electrons. The quantitative estimate of drug-likeness (QED) is 0.499. The molecule has 0 spiro atoms. The Morgan fingerprint density at radius 1 is 1.10 bits per heavy atom. The molecule has 1 aromatic rings. The topological polar surface area (TPSA) is 92.4 Å². The fourth-order valence-electron chi connectivity index (χ4n) is 1.71. The van der Waals surface area contributed by atoms with Crippen LogP contribution in [-0.2, 0) is 10.0 Å². The Morgan fingerprint density at radius 3 is 2.20 bits per heavy atom. The third-order valence-corrected chi connectivity index (χ3v) is 4.18. The number of aliphatic hydroxyl groups is 1. The average molecular weight is 308 g/mol. The van der Waals surface area contributed by atoms with E-state index in [4.69, 9.17) is 10.8 Å². The second-order valence-electron chi connectivity index (χ2n) is 4.35. The van der Waals surface area contributed by atoms with E-state index in [1.54, 1.807) is 0 Å². The standard InChI is InChI=1S/C12H18F2N2O3S/c13-10-7-9(15)8-11(14)12(10)20(18,19)16-5-3-1-2-4-6-17/h7-8,16-17H,1-6,15H2. The van der Waals surface area contributed by atoms with Gasteiger partial charge in [-0.15, -0.1) is 0 Å². The van der Waals surface area contributed by atoms with Gasteiger partial charge >= 0.3 is 0 Å². The summed E-state index contributed by atoms with van der Waals surface area (Å²) in [6, 6.07) is 1.53. The van der Waals surface area contributed by atoms with Crippen LogP contribution in [0.25, 0.3) is 0 Å². The van der Waals surface area contributed by atoms with Gasteiger partial charge in [-0.05, 0) is 25.0 Å². The Kier molecular flexibility index (Phi) is 6.31. The monoisotopic (exact) mass is 308 g/mol. The van der Waals surface area contributed by atoms with Crippen molar-refractivity contribution in [1.29, 1.82) is 0 Å². The van der Waals surface area contributed by atoms with E-state index in [1.807, 2.05) is 0 Å². The lowest BCUT2D eigenvalue weighted by Crippen LogP contribution is -2.26. The highest BCUT2D eigenvalue weighted by molar-refractivity contribution is 7.89. The number of nitrogens with one attached hydrogen (secondary N) is 1. The molecular formula is C12H18F2N2O3S. The molecule has 0 heterocycles. The van der Waals surface area contributed by atoms with Crippen molar-refractivity contribution in [2.24, 2.45) is 0 Å². The summed E-state index contributed by atoms with van der Waals surface area (Å²) >= 11 is 0. The van der Waals surface area contributed by atoms with E-state index in [1.165, 1.54) is 0 Å². The molecule has 0 fully saturated rings. The Labute approximate surface area is 116 Å². The van der Waals surface area contributed by atoms with Gasteiger partial charge in [0.1, 0.15) is 11.6 Å². The van der Waals surface area contributed by atoms with E-state index in [-0.39, 0.29) is 18.8 Å². The minimum Gasteiger partial charge on any atom is -0.399 e. The zero-order valence-corrected chi connectivity index (χ0v) is 11.7. The van der Waals surface area contributed by atoms with Crippen LogP contribution in [0.2, 0.25) is 0 Å². The smallest absolute Gasteiger partial charge is 0.246 e. The molecule has 5 nitrogen and oxygen atoms in total. The van der Waals surface area contributed by atoms with Crippen LogP contribution in [0.15, 0.2) is 17.0 Å². The Balaban J connectivity index is 2.66. The molecular weight excluding hydrogens is 290 g/mol. The molecule has 4 N–H and O–H groups in total. The molecule has 0 aromatic heterocycles. The molecule has 8 heteroatoms. The molecule has 0 saturated heterocycles. The van der Waals surface area contributed by atoms with Crippen molar-refractivity contribution in [2.75, 3.05) is 18.9 Å². The van der Waals surface area contributed by atoms with Crippen molar-refractivity contribution in [3.8, 4) is 0 Å². The van der Waals surface area contributed by atoms with Crippen LogP contribution in [-0.4, -0.2) is 26.7 Å². The van der Waals surface area contributed by atoms with E-state index >= 15 is 0 Å². The summed E-state index contributed by atoms with van der Waals surface area (Å²) < 4.78 is 52.8. The van der Waals surface area contributed by atoms with Crippen LogP contribution in [0.5, 0.6) is 0 Å². The molecule has 1 aromatic carbocycles. The molecule has 0 unspecified atom stereocenters. The summed E-state index contributed by atoms with van der Waals surface area (Å²) in [6.45, 7) is 0.171. The molecule has 1 rings (SSSR count). The van der Waals surface area contributed by atoms with Gasteiger partial charge in [0, 0.05) is 18.8 Å². The van der Waals surface area contributed by atoms with E-state index in [0.29, 0.717) is 12.8 Å². The highest BCUT2D eigenvalue weighted by Crippen LogP contribution is 2.21. The third-order valence-electron chi connectivity index (χ3n) is 2.67. The van der Waals surface area contributed by atoms with Crippen molar-refractivity contribution in [3.63, 3.8) is 0 Å². The summed E-state index contributed by atoms with van der Waals surface area (Å²) in [5.74, 6) is -2.43. The number of benzene rings is 1. The molecule has 0 saturated carbocycles. The molecule has 0 bridgehead atoms. The van der Waals surface area contributed by atoms with Crippen molar-refractivity contribution in [3.05, 3.63) is 23.8 Å². The normalized spacial score (nSPS) is 11.8. The highest BCUT2D eigenvalue weighted by atomic mass is 32.2. The first-order valence-corrected chi connectivity index (χ1v) is 7.72. The predicted octanol–water partition coefficient (Wildman–Crippen LogP) is 1.38. The van der Waals surface area contributed by atoms with Gasteiger partial charge in [-0.1, -0.05) is 12.8 Å². The van der Waals surface area contributed by atoms with Crippen LogP contribution in [0.3, 0.4) is 0 Å². The summed E-state index contributed by atoms with van der Waals surface area (Å²) in [6.07, 6.45) is 2.66. The van der Waals surface area contributed by atoms with Gasteiger partial charge in [0.15, 0.2) is 4.90 Å². The lowest BCUT2D eigenvalue weighted by atomic mass is 10.2. The maximum Gasteiger partial charge on any atom is 0.246 e. The number of sulfonamides is 1. The van der Waals surface area contributed by atoms with E-state index in [0.717, 1.165) is 25.0 Å². The number of hydrogen-bond donors (Lipinski definition) is 3. The number of unbranched alkanes of at least 4 members (excludes halogenated alkanes) is 3. The third kappa shape index (κ3) is 4.69. The summed E-state index contributed by atoms with van der Waals surface area (Å²) in [4.78, 5) is -1.01. The Hall–Kier alpha value is -1.25. The second kappa shape index (κ2) is 7.51. The largest absolute Gasteiger partial charge is 0.399 e. The number of aliphatic hydroxyl groups excluding tert-OH is 1. The lowest BCUT2D eigenvalue weighted by Gasteiger charge is -2.09. The van der Waals surface area contributed by atoms with Crippen molar-refractivity contribution < 1.29 is 22.3 Å². The number of nitrogen functional groups attached to an aromatic ring is 1. The maximum atomic E-state index is 13.5. The molecule has 0 amide bonds. The SMILES string of the molecule is Nc1cc(F)c(S(=O)(=O)NCCCCCCO)c(F)c1. The first kappa shape index (κ1) is 16.8. The molecule has 0 radical (unpaired) electrons. The van der Waals surface area contributed by atoms with Crippen molar-refractivity contribution >= 4 is 15.7 Å². The fourth-order valence-corrected chi connectivity index (χ4v) is 2.89. The number of rotatable bonds is 8. The Morgan fingerprint density at radius 2 is 1.65 bits per heavy atom. The first-order chi connectivity index (χ1) is 9.38. The number of halogens is 2. The molecule has 20 heavy (non-hydrogen) atoms. The van der Waals surface area contributed by atoms with Gasteiger partial charge in [-0.2, -0.15) is 0 Å². The van der Waals surface area contributed by atoms with Crippen LogP contribution in [0.1, 0.15) is 25.7 Å². The summed E-state index contributed by atoms with van der Waals surface area (Å²) in [7, 11) is -4.24. The lowest BCUT2D eigenvalue weighted by molar-refractivity contribution is 0.282. The van der Waals surface area contributed by atoms with Gasteiger partial charge in [-0.3, -0.25) is 0 Å². The highest BCUT2D eigenvalue weighted by Gasteiger charge is 2.24. The van der Waals surface area contributed by atoms with Gasteiger partial charge in [0.2, 0.25) is 10.0 Å².